The molecule has 31 heavy (non-hydrogen) atoms. The number of carbonyl (C=O) groups is 1. The van der Waals surface area contributed by atoms with Crippen molar-refractivity contribution in [2.45, 2.75) is 18.8 Å². The second-order valence-corrected chi connectivity index (χ2v) is 7.94. The molecule has 0 aliphatic rings. The van der Waals surface area contributed by atoms with Gasteiger partial charge in [-0.15, -0.1) is 10.2 Å². The van der Waals surface area contributed by atoms with Crippen molar-refractivity contribution in [1.82, 2.24) is 10.2 Å². The minimum Gasteiger partial charge on any atom is -0.482 e. The summed E-state index contributed by atoms with van der Waals surface area (Å²) in [5.74, 6) is 1.01. The van der Waals surface area contributed by atoms with Gasteiger partial charge in [-0.05, 0) is 30.5 Å². The number of carbonyl (C=O) groups excluding carboxylic acids is 1. The number of hydrogen-bond acceptors (Lipinski definition) is 6. The fourth-order valence-corrected chi connectivity index (χ4v) is 4.03. The summed E-state index contributed by atoms with van der Waals surface area (Å²) in [4.78, 5) is 14.7. The third-order valence-electron chi connectivity index (χ3n) is 4.63. The zero-order chi connectivity index (χ0) is 21.6. The first kappa shape index (κ1) is 21.2. The third-order valence-corrected chi connectivity index (χ3v) is 5.75. The Morgan fingerprint density at radius 3 is 2.68 bits per heavy atom. The molecule has 0 saturated carbocycles. The second kappa shape index (κ2) is 9.85. The van der Waals surface area contributed by atoms with Gasteiger partial charge in [0.2, 0.25) is 5.91 Å². The second-order valence-electron chi connectivity index (χ2n) is 6.61. The van der Waals surface area contributed by atoms with Gasteiger partial charge in [0.15, 0.2) is 6.61 Å². The topological polar surface area (TPSA) is 68.5 Å². The van der Waals surface area contributed by atoms with E-state index >= 15 is 0 Å². The number of nitrogens with zero attached hydrogens (tertiary/aromatic N) is 3. The lowest BCUT2D eigenvalue weighted by molar-refractivity contribution is -0.116. The third kappa shape index (κ3) is 5.00. The van der Waals surface area contributed by atoms with Gasteiger partial charge in [0, 0.05) is 11.9 Å². The zero-order valence-electron chi connectivity index (χ0n) is 16.8. The number of rotatable bonds is 8. The van der Waals surface area contributed by atoms with Crippen LogP contribution in [0.4, 0.5) is 5.69 Å². The van der Waals surface area contributed by atoms with E-state index in [1.165, 1.54) is 11.8 Å². The van der Waals surface area contributed by atoms with Crippen molar-refractivity contribution >= 4 is 45.7 Å². The summed E-state index contributed by atoms with van der Waals surface area (Å²) in [5, 5.41) is 10.9. The maximum absolute atomic E-state index is 12.9. The lowest BCUT2D eigenvalue weighted by Gasteiger charge is -2.22. The molecule has 0 aliphatic heterocycles. The van der Waals surface area contributed by atoms with E-state index in [0.29, 0.717) is 28.4 Å². The Bertz CT molecular complexity index is 1190. The summed E-state index contributed by atoms with van der Waals surface area (Å²) < 4.78 is 11.2. The molecular formula is C23H20ClN3O3S. The maximum atomic E-state index is 12.9. The largest absolute Gasteiger partial charge is 0.482 e. The van der Waals surface area contributed by atoms with E-state index in [-0.39, 0.29) is 18.3 Å². The molecule has 0 radical (unpaired) electrons. The number of thioether (sulfide) groups is 1. The average Bonchev–Trinajstić information content (AvgIpc) is 3.26. The number of hydrogen-bond donors (Lipinski definition) is 0. The van der Waals surface area contributed by atoms with Gasteiger partial charge in [-0.25, -0.2) is 0 Å². The standard InChI is InChI=1S/C23H20ClN3O3S/c1-2-27(19-12-7-9-16-8-3-4-10-17(16)19)22(28)15-31-23-26-25-21(30-23)14-29-20-13-6-5-11-18(20)24/h3-13H,2,14-15H2,1H3. The molecule has 6 nitrogen and oxygen atoms in total. The van der Waals surface area contributed by atoms with Crippen LogP contribution in [-0.2, 0) is 11.4 Å². The molecule has 0 N–H and O–H groups in total. The van der Waals surface area contributed by atoms with Crippen LogP contribution in [0.2, 0.25) is 5.02 Å². The Morgan fingerprint density at radius 2 is 1.84 bits per heavy atom. The molecule has 158 valence electrons. The van der Waals surface area contributed by atoms with Crippen LogP contribution in [0, 0.1) is 0 Å². The predicted octanol–water partition coefficient (Wildman–Crippen LogP) is 5.60. The van der Waals surface area contributed by atoms with Gasteiger partial charge in [-0.2, -0.15) is 0 Å². The first-order chi connectivity index (χ1) is 15.2. The van der Waals surface area contributed by atoms with Gasteiger partial charge in [0.05, 0.1) is 16.5 Å². The Morgan fingerprint density at radius 1 is 1.06 bits per heavy atom. The van der Waals surface area contributed by atoms with Gasteiger partial charge >= 0.3 is 0 Å². The first-order valence-electron chi connectivity index (χ1n) is 9.76. The van der Waals surface area contributed by atoms with Crippen LogP contribution < -0.4 is 9.64 Å². The molecule has 0 unspecified atom stereocenters. The van der Waals surface area contributed by atoms with Crippen molar-refractivity contribution in [2.75, 3.05) is 17.2 Å². The molecule has 8 heteroatoms. The van der Waals surface area contributed by atoms with Crippen LogP contribution in [0.25, 0.3) is 10.8 Å². The van der Waals surface area contributed by atoms with Crippen LogP contribution in [0.1, 0.15) is 12.8 Å². The van der Waals surface area contributed by atoms with E-state index in [9.17, 15) is 4.79 Å². The molecule has 0 atom stereocenters. The Labute approximate surface area is 189 Å². The summed E-state index contributed by atoms with van der Waals surface area (Å²) in [6.07, 6.45) is 0. The molecule has 4 rings (SSSR count). The predicted molar refractivity (Wildman–Crippen MR) is 123 cm³/mol. The first-order valence-corrected chi connectivity index (χ1v) is 11.1. The maximum Gasteiger partial charge on any atom is 0.277 e. The monoisotopic (exact) mass is 453 g/mol. The molecular weight excluding hydrogens is 434 g/mol. The Hall–Kier alpha value is -3.03. The molecule has 0 saturated heterocycles. The summed E-state index contributed by atoms with van der Waals surface area (Å²) in [5.41, 5.74) is 0.894. The van der Waals surface area contributed by atoms with E-state index in [2.05, 4.69) is 10.2 Å². The summed E-state index contributed by atoms with van der Waals surface area (Å²) >= 11 is 7.28. The number of para-hydroxylation sites is 1. The molecule has 4 aromatic rings. The van der Waals surface area contributed by atoms with E-state index in [4.69, 9.17) is 20.8 Å². The zero-order valence-corrected chi connectivity index (χ0v) is 18.4. The summed E-state index contributed by atoms with van der Waals surface area (Å²) in [6.45, 7) is 2.62. The average molecular weight is 454 g/mol. The fraction of sp³-hybridized carbons (Fsp3) is 0.174. The molecule has 0 aliphatic carbocycles. The molecule has 0 spiro atoms. The molecule has 1 amide bonds. The number of anilines is 1. The Balaban J connectivity index is 1.38. The van der Waals surface area contributed by atoms with Gasteiger partial charge in [0.1, 0.15) is 5.75 Å². The van der Waals surface area contributed by atoms with Crippen molar-refractivity contribution < 1.29 is 13.9 Å². The fourth-order valence-electron chi connectivity index (χ4n) is 3.18. The van der Waals surface area contributed by atoms with E-state index in [1.807, 2.05) is 61.5 Å². The smallest absolute Gasteiger partial charge is 0.277 e. The lowest BCUT2D eigenvalue weighted by atomic mass is 10.1. The van der Waals surface area contributed by atoms with E-state index < -0.39 is 0 Å². The molecule has 0 bridgehead atoms. The molecule has 1 heterocycles. The quantitative estimate of drug-likeness (QED) is 0.323. The van der Waals surface area contributed by atoms with Gasteiger partial charge in [0.25, 0.3) is 11.1 Å². The van der Waals surface area contributed by atoms with Crippen LogP contribution >= 0.6 is 23.4 Å². The number of fused-ring (bicyclic) bond motifs is 1. The lowest BCUT2D eigenvalue weighted by Crippen LogP contribution is -2.32. The molecule has 1 aromatic heterocycles. The van der Waals surface area contributed by atoms with Gasteiger partial charge < -0.3 is 14.1 Å². The highest BCUT2D eigenvalue weighted by Crippen LogP contribution is 2.28. The van der Waals surface area contributed by atoms with Gasteiger partial charge in [-0.1, -0.05) is 71.9 Å². The van der Waals surface area contributed by atoms with Crippen molar-refractivity contribution in [1.29, 1.82) is 0 Å². The SMILES string of the molecule is CCN(C(=O)CSc1nnc(COc2ccccc2Cl)o1)c1cccc2ccccc12. The van der Waals surface area contributed by atoms with E-state index in [0.717, 1.165) is 16.5 Å². The molecule has 3 aromatic carbocycles. The van der Waals surface area contributed by atoms with Crippen molar-refractivity contribution in [2.24, 2.45) is 0 Å². The van der Waals surface area contributed by atoms with Crippen LogP contribution in [0.15, 0.2) is 76.4 Å². The number of aromatic nitrogens is 2. The van der Waals surface area contributed by atoms with Crippen molar-refractivity contribution in [3.63, 3.8) is 0 Å². The van der Waals surface area contributed by atoms with Crippen LogP contribution in [-0.4, -0.2) is 28.4 Å². The van der Waals surface area contributed by atoms with Crippen molar-refractivity contribution in [3.8, 4) is 5.75 Å². The van der Waals surface area contributed by atoms with Gasteiger partial charge in [-0.3, -0.25) is 4.79 Å². The van der Waals surface area contributed by atoms with Crippen LogP contribution in [0.3, 0.4) is 0 Å². The summed E-state index contributed by atoms with van der Waals surface area (Å²) in [6, 6.07) is 21.2. The Kier molecular flexibility index (Phi) is 6.74. The highest BCUT2D eigenvalue weighted by atomic mass is 35.5. The number of amides is 1. The highest BCUT2D eigenvalue weighted by molar-refractivity contribution is 7.99. The minimum atomic E-state index is -0.0316. The number of ether oxygens (including phenoxy) is 1. The van der Waals surface area contributed by atoms with Crippen LogP contribution in [0.5, 0.6) is 5.75 Å². The number of halogens is 1. The normalized spacial score (nSPS) is 10.9. The number of benzene rings is 3. The highest BCUT2D eigenvalue weighted by Gasteiger charge is 2.18. The summed E-state index contributed by atoms with van der Waals surface area (Å²) in [7, 11) is 0. The molecule has 0 fully saturated rings. The minimum absolute atomic E-state index is 0.0316. The van der Waals surface area contributed by atoms with E-state index in [1.54, 1.807) is 17.0 Å². The van der Waals surface area contributed by atoms with Crippen molar-refractivity contribution in [3.05, 3.63) is 77.6 Å².